The minimum Gasteiger partial charge on any atom is -0.393 e. The smallest absolute Gasteiger partial charge is 0.0536 e. The molecular formula is C16H20F2IrNO2-. The van der Waals surface area contributed by atoms with Crippen molar-refractivity contribution in [3.63, 3.8) is 0 Å². The number of pyridine rings is 1. The molecule has 0 aliphatic rings. The molecule has 1 aromatic carbocycles. The minimum atomic E-state index is -0.593. The molecule has 0 saturated heterocycles. The normalized spacial score (nSPS) is 11.5. The van der Waals surface area contributed by atoms with Crippen LogP contribution in [0.1, 0.15) is 20.3 Å². The summed E-state index contributed by atoms with van der Waals surface area (Å²) in [5.74, 6) is -1.19. The van der Waals surface area contributed by atoms with Gasteiger partial charge in [-0.25, -0.2) is 0 Å². The van der Waals surface area contributed by atoms with Gasteiger partial charge < -0.3 is 10.2 Å². The first-order valence-electron chi connectivity index (χ1n) is 6.45. The molecule has 22 heavy (non-hydrogen) atoms. The third-order valence-corrected chi connectivity index (χ3v) is 1.97. The van der Waals surface area contributed by atoms with Gasteiger partial charge in [-0.1, -0.05) is 6.07 Å². The summed E-state index contributed by atoms with van der Waals surface area (Å²) in [6, 6.07) is 10.9. The number of rotatable bonds is 2. The van der Waals surface area contributed by atoms with Crippen LogP contribution < -0.4 is 0 Å². The quantitative estimate of drug-likeness (QED) is 0.640. The molecule has 2 N–H and O–H groups in total. The Morgan fingerprint density at radius 2 is 1.45 bits per heavy atom. The van der Waals surface area contributed by atoms with Gasteiger partial charge in [0, 0.05) is 44.1 Å². The second-order valence-corrected chi connectivity index (χ2v) is 4.33. The van der Waals surface area contributed by atoms with Gasteiger partial charge >= 0.3 is 0 Å². The molecule has 2 rings (SSSR count). The van der Waals surface area contributed by atoms with E-state index in [1.807, 2.05) is 18.2 Å². The van der Waals surface area contributed by atoms with Gasteiger partial charge in [-0.15, -0.1) is 18.2 Å². The number of hydrogen-bond acceptors (Lipinski definition) is 3. The molecule has 0 fully saturated rings. The van der Waals surface area contributed by atoms with Crippen molar-refractivity contribution in [1.82, 2.24) is 4.98 Å². The average Bonchev–Trinajstić information content (AvgIpc) is 2.40. The molecule has 0 spiro atoms. The van der Waals surface area contributed by atoms with Crippen molar-refractivity contribution in [2.45, 2.75) is 32.5 Å². The zero-order chi connectivity index (χ0) is 16.1. The molecule has 0 amide bonds. The van der Waals surface area contributed by atoms with Gasteiger partial charge in [0.25, 0.3) is 0 Å². The van der Waals surface area contributed by atoms with Crippen LogP contribution in [0.15, 0.2) is 48.8 Å². The van der Waals surface area contributed by atoms with Crippen LogP contribution in [0.3, 0.4) is 0 Å². The Morgan fingerprint density at radius 3 is 1.59 bits per heavy atom. The van der Waals surface area contributed by atoms with Crippen molar-refractivity contribution in [3.8, 4) is 0 Å². The maximum Gasteiger partial charge on any atom is 0.0536 e. The molecule has 1 radical (unpaired) electrons. The molecule has 2 aromatic rings. The molecule has 2 atom stereocenters. The standard InChI is InChI=1S/C6H3F2.C5H5N.C5H12O2.Ir/c7-5-2-1-3-6(8)4-5;1-2-4-6-5-3-1;1-4(6)3-5(2)7;/h2-4H;1-5H;4-7H,3H2,1-2H3;/q-1;;;. The van der Waals surface area contributed by atoms with E-state index in [2.05, 4.69) is 11.1 Å². The Balaban J connectivity index is 0. The molecular weight excluding hydrogens is 468 g/mol. The average molecular weight is 489 g/mol. The Hall–Kier alpha value is -1.20. The molecule has 0 aliphatic carbocycles. The van der Waals surface area contributed by atoms with Crippen LogP contribution in [0, 0.1) is 17.7 Å². The zero-order valence-corrected chi connectivity index (χ0v) is 14.8. The molecule has 3 nitrogen and oxygen atoms in total. The van der Waals surface area contributed by atoms with Crippen LogP contribution >= 0.6 is 0 Å². The summed E-state index contributed by atoms with van der Waals surface area (Å²) in [4.78, 5) is 3.78. The van der Waals surface area contributed by atoms with Crippen molar-refractivity contribution in [3.05, 3.63) is 66.5 Å². The summed E-state index contributed by atoms with van der Waals surface area (Å²) in [7, 11) is 0. The Labute approximate surface area is 143 Å². The fourth-order valence-corrected chi connectivity index (χ4v) is 1.22. The van der Waals surface area contributed by atoms with Gasteiger partial charge in [0.05, 0.1) is 12.2 Å². The number of aliphatic hydroxyl groups excluding tert-OH is 2. The summed E-state index contributed by atoms with van der Waals surface area (Å²) in [5.41, 5.74) is 0. The third kappa shape index (κ3) is 16.9. The van der Waals surface area contributed by atoms with E-state index in [1.54, 1.807) is 26.2 Å². The fourth-order valence-electron chi connectivity index (χ4n) is 1.22. The van der Waals surface area contributed by atoms with Crippen LogP contribution in [-0.2, 0) is 20.1 Å². The monoisotopic (exact) mass is 489 g/mol. The van der Waals surface area contributed by atoms with Gasteiger partial charge in [0.1, 0.15) is 0 Å². The van der Waals surface area contributed by atoms with Crippen molar-refractivity contribution < 1.29 is 39.1 Å². The van der Waals surface area contributed by atoms with E-state index in [1.165, 1.54) is 0 Å². The van der Waals surface area contributed by atoms with E-state index in [-0.39, 0.29) is 32.3 Å². The summed E-state index contributed by atoms with van der Waals surface area (Å²) < 4.78 is 23.8. The first-order chi connectivity index (χ1) is 9.91. The molecule has 2 unspecified atom stereocenters. The summed E-state index contributed by atoms with van der Waals surface area (Å²) in [5, 5.41) is 17.1. The number of halogens is 2. The van der Waals surface area contributed by atoms with E-state index in [0.717, 1.165) is 18.2 Å². The minimum absolute atomic E-state index is 0. The number of aromatic nitrogens is 1. The van der Waals surface area contributed by atoms with Gasteiger partial charge in [-0.2, -0.15) is 6.07 Å². The predicted molar refractivity (Wildman–Crippen MR) is 77.4 cm³/mol. The molecule has 1 aromatic heterocycles. The van der Waals surface area contributed by atoms with Crippen LogP contribution in [0.25, 0.3) is 0 Å². The van der Waals surface area contributed by atoms with Crippen molar-refractivity contribution >= 4 is 0 Å². The second-order valence-electron chi connectivity index (χ2n) is 4.33. The van der Waals surface area contributed by atoms with Gasteiger partial charge in [-0.3, -0.25) is 13.8 Å². The number of benzene rings is 1. The number of hydrogen-bond donors (Lipinski definition) is 2. The van der Waals surface area contributed by atoms with Crippen molar-refractivity contribution in [2.24, 2.45) is 0 Å². The van der Waals surface area contributed by atoms with Gasteiger partial charge in [0.2, 0.25) is 0 Å². The molecule has 6 heteroatoms. The molecule has 0 aliphatic heterocycles. The summed E-state index contributed by atoms with van der Waals surface area (Å²) in [6.07, 6.45) is 3.22. The third-order valence-electron chi connectivity index (χ3n) is 1.97. The Kier molecular flexibility index (Phi) is 15.4. The van der Waals surface area contributed by atoms with Crippen LogP contribution in [0.4, 0.5) is 8.78 Å². The van der Waals surface area contributed by atoms with E-state index in [4.69, 9.17) is 10.2 Å². The first kappa shape index (κ1) is 23.1. The van der Waals surface area contributed by atoms with Crippen molar-refractivity contribution in [2.75, 3.05) is 0 Å². The molecule has 125 valence electrons. The number of nitrogens with zero attached hydrogens (tertiary/aromatic N) is 1. The van der Waals surface area contributed by atoms with Crippen LogP contribution in [0.5, 0.6) is 0 Å². The predicted octanol–water partition coefficient (Wildman–Crippen LogP) is 2.98. The van der Waals surface area contributed by atoms with E-state index in [0.29, 0.717) is 6.42 Å². The summed E-state index contributed by atoms with van der Waals surface area (Å²) >= 11 is 0. The van der Waals surface area contributed by atoms with E-state index in [9.17, 15) is 8.78 Å². The maximum absolute atomic E-state index is 11.9. The second kappa shape index (κ2) is 14.7. The topological polar surface area (TPSA) is 53.4 Å². The SMILES string of the molecule is CC(O)CC(C)O.Fc1c[c-]cc(F)c1.[Ir].c1ccncc1. The fraction of sp³-hybridized carbons (Fsp3) is 0.312. The van der Waals surface area contributed by atoms with Crippen LogP contribution in [-0.4, -0.2) is 27.4 Å². The van der Waals surface area contributed by atoms with E-state index < -0.39 is 11.6 Å². The Morgan fingerprint density at radius 1 is 1.00 bits per heavy atom. The molecule has 0 bridgehead atoms. The first-order valence-corrected chi connectivity index (χ1v) is 6.45. The number of aliphatic hydroxyl groups is 2. The summed E-state index contributed by atoms with van der Waals surface area (Å²) in [6.45, 7) is 3.32. The van der Waals surface area contributed by atoms with Crippen molar-refractivity contribution in [1.29, 1.82) is 0 Å². The van der Waals surface area contributed by atoms with Gasteiger partial charge in [-0.05, 0) is 32.4 Å². The van der Waals surface area contributed by atoms with Crippen LogP contribution in [0.2, 0.25) is 0 Å². The van der Waals surface area contributed by atoms with Gasteiger partial charge in [0.15, 0.2) is 0 Å². The Bertz CT molecular complexity index is 421. The maximum atomic E-state index is 11.9. The molecule has 1 heterocycles. The van der Waals surface area contributed by atoms with E-state index >= 15 is 0 Å². The largest absolute Gasteiger partial charge is 0.393 e. The zero-order valence-electron chi connectivity index (χ0n) is 12.4. The molecule has 0 saturated carbocycles.